The Labute approximate surface area is 185 Å². The SMILES string of the molecule is COc1cccc(CS(=O)(=O)c2ncc(CN(C(=O)C(C)C)C3CC3)n2CC(C)C)c1. The second kappa shape index (κ2) is 9.42. The van der Waals surface area contributed by atoms with E-state index in [-0.39, 0.29) is 34.7 Å². The normalized spacial score (nSPS) is 14.3. The van der Waals surface area contributed by atoms with Crippen LogP contribution in [0.1, 0.15) is 51.8 Å². The molecule has 0 unspecified atom stereocenters. The lowest BCUT2D eigenvalue weighted by Crippen LogP contribution is -2.36. The number of rotatable bonds is 10. The van der Waals surface area contributed by atoms with Crippen LogP contribution in [0.5, 0.6) is 5.75 Å². The van der Waals surface area contributed by atoms with Crippen molar-refractivity contribution in [1.82, 2.24) is 14.5 Å². The van der Waals surface area contributed by atoms with Gasteiger partial charge in [0.2, 0.25) is 20.9 Å². The molecule has 0 radical (unpaired) electrons. The molecule has 3 rings (SSSR count). The minimum Gasteiger partial charge on any atom is -0.497 e. The quantitative estimate of drug-likeness (QED) is 0.555. The van der Waals surface area contributed by atoms with Crippen LogP contribution in [-0.2, 0) is 33.5 Å². The minimum absolute atomic E-state index is 0.0618. The van der Waals surface area contributed by atoms with Crippen molar-refractivity contribution >= 4 is 15.7 Å². The Bertz CT molecular complexity index is 1020. The summed E-state index contributed by atoms with van der Waals surface area (Å²) in [5, 5.41) is 0.0618. The number of sulfone groups is 1. The fraction of sp³-hybridized carbons (Fsp3) is 0.565. The summed E-state index contributed by atoms with van der Waals surface area (Å²) >= 11 is 0. The average molecular weight is 448 g/mol. The van der Waals surface area contributed by atoms with Gasteiger partial charge in [0.05, 0.1) is 31.3 Å². The molecular weight excluding hydrogens is 414 g/mol. The van der Waals surface area contributed by atoms with E-state index in [0.717, 1.165) is 18.5 Å². The summed E-state index contributed by atoms with van der Waals surface area (Å²) in [7, 11) is -2.12. The third-order valence-electron chi connectivity index (χ3n) is 5.32. The van der Waals surface area contributed by atoms with Crippen molar-refractivity contribution in [3.8, 4) is 5.75 Å². The number of methoxy groups -OCH3 is 1. The standard InChI is InChI=1S/C23H33N3O4S/c1-16(2)13-26-20(14-25(19-9-10-19)22(27)17(3)4)12-24-23(26)31(28,29)15-18-7-6-8-21(11-18)30-5/h6-8,11-12,16-17,19H,9-10,13-15H2,1-5H3. The van der Waals surface area contributed by atoms with Crippen LogP contribution in [0.2, 0.25) is 0 Å². The Morgan fingerprint density at radius 1 is 1.26 bits per heavy atom. The van der Waals surface area contributed by atoms with Crippen molar-refractivity contribution < 1.29 is 17.9 Å². The first-order chi connectivity index (χ1) is 14.6. The molecule has 1 heterocycles. The lowest BCUT2D eigenvalue weighted by molar-refractivity contribution is -0.135. The second-order valence-electron chi connectivity index (χ2n) is 9.00. The molecule has 2 aromatic rings. The van der Waals surface area contributed by atoms with E-state index in [2.05, 4.69) is 4.98 Å². The van der Waals surface area contributed by atoms with E-state index >= 15 is 0 Å². The number of nitrogens with zero attached hydrogens (tertiary/aromatic N) is 3. The molecule has 8 heteroatoms. The maximum absolute atomic E-state index is 13.3. The van der Waals surface area contributed by atoms with Gasteiger partial charge in [-0.2, -0.15) is 0 Å². The number of benzene rings is 1. The van der Waals surface area contributed by atoms with Gasteiger partial charge in [0.25, 0.3) is 0 Å². The molecule has 0 bridgehead atoms. The molecule has 31 heavy (non-hydrogen) atoms. The molecule has 0 aliphatic heterocycles. The molecule has 1 saturated carbocycles. The predicted octanol–water partition coefficient (Wildman–Crippen LogP) is 3.67. The average Bonchev–Trinajstić information content (AvgIpc) is 3.46. The third-order valence-corrected chi connectivity index (χ3v) is 6.91. The van der Waals surface area contributed by atoms with Crippen molar-refractivity contribution in [2.24, 2.45) is 11.8 Å². The van der Waals surface area contributed by atoms with Crippen LogP contribution in [0.25, 0.3) is 0 Å². The van der Waals surface area contributed by atoms with Crippen LogP contribution in [-0.4, -0.2) is 41.9 Å². The van der Waals surface area contributed by atoms with Crippen LogP contribution in [0.4, 0.5) is 0 Å². The summed E-state index contributed by atoms with van der Waals surface area (Å²) in [6, 6.07) is 7.30. The molecule has 170 valence electrons. The highest BCUT2D eigenvalue weighted by atomic mass is 32.2. The predicted molar refractivity (Wildman–Crippen MR) is 119 cm³/mol. The zero-order valence-electron chi connectivity index (χ0n) is 19.0. The van der Waals surface area contributed by atoms with E-state index in [1.54, 1.807) is 42.1 Å². The Kier molecular flexibility index (Phi) is 7.09. The van der Waals surface area contributed by atoms with Crippen molar-refractivity contribution in [1.29, 1.82) is 0 Å². The molecule has 1 aromatic carbocycles. The van der Waals surface area contributed by atoms with E-state index in [9.17, 15) is 13.2 Å². The third kappa shape index (κ3) is 5.67. The van der Waals surface area contributed by atoms with E-state index < -0.39 is 9.84 Å². The first-order valence-electron chi connectivity index (χ1n) is 10.8. The smallest absolute Gasteiger partial charge is 0.228 e. The van der Waals surface area contributed by atoms with Crippen LogP contribution in [0.3, 0.4) is 0 Å². The maximum atomic E-state index is 13.3. The van der Waals surface area contributed by atoms with Gasteiger partial charge in [0, 0.05) is 18.5 Å². The minimum atomic E-state index is -3.68. The topological polar surface area (TPSA) is 81.5 Å². The van der Waals surface area contributed by atoms with Gasteiger partial charge in [0.15, 0.2) is 0 Å². The molecule has 1 aromatic heterocycles. The monoisotopic (exact) mass is 447 g/mol. The molecule has 7 nitrogen and oxygen atoms in total. The summed E-state index contributed by atoms with van der Waals surface area (Å²) < 4.78 is 33.6. The lowest BCUT2D eigenvalue weighted by Gasteiger charge is -2.25. The van der Waals surface area contributed by atoms with Gasteiger partial charge in [-0.3, -0.25) is 4.79 Å². The summed E-state index contributed by atoms with van der Waals surface area (Å²) in [5.41, 5.74) is 1.41. The maximum Gasteiger partial charge on any atom is 0.228 e. The lowest BCUT2D eigenvalue weighted by atomic mass is 10.1. The summed E-state index contributed by atoms with van der Waals surface area (Å²) in [6.45, 7) is 8.78. The van der Waals surface area contributed by atoms with Crippen LogP contribution < -0.4 is 4.74 Å². The van der Waals surface area contributed by atoms with E-state index in [1.165, 1.54) is 0 Å². The number of amides is 1. The molecule has 1 aliphatic carbocycles. The van der Waals surface area contributed by atoms with Crippen molar-refractivity contribution in [3.05, 3.63) is 41.7 Å². The Balaban J connectivity index is 1.93. The van der Waals surface area contributed by atoms with Crippen LogP contribution >= 0.6 is 0 Å². The first kappa shape index (κ1) is 23.3. The second-order valence-corrected chi connectivity index (χ2v) is 10.9. The van der Waals surface area contributed by atoms with Crippen LogP contribution in [0, 0.1) is 11.8 Å². The van der Waals surface area contributed by atoms with Gasteiger partial charge in [-0.25, -0.2) is 13.4 Å². The number of carbonyl (C=O) groups excluding carboxylic acids is 1. The molecule has 1 aliphatic rings. The summed E-state index contributed by atoms with van der Waals surface area (Å²) in [6.07, 6.45) is 3.61. The Hall–Kier alpha value is -2.35. The molecule has 1 amide bonds. The zero-order valence-corrected chi connectivity index (χ0v) is 19.9. The van der Waals surface area contributed by atoms with Gasteiger partial charge < -0.3 is 14.2 Å². The highest BCUT2D eigenvalue weighted by Crippen LogP contribution is 2.30. The fourth-order valence-corrected chi connectivity index (χ4v) is 5.14. The van der Waals surface area contributed by atoms with Gasteiger partial charge in [-0.15, -0.1) is 0 Å². The molecule has 0 N–H and O–H groups in total. The zero-order chi connectivity index (χ0) is 22.8. The van der Waals surface area contributed by atoms with E-state index in [1.807, 2.05) is 32.6 Å². The number of hydrogen-bond donors (Lipinski definition) is 0. The van der Waals surface area contributed by atoms with Crippen molar-refractivity contribution in [3.63, 3.8) is 0 Å². The Morgan fingerprint density at radius 3 is 2.55 bits per heavy atom. The van der Waals surface area contributed by atoms with Gasteiger partial charge in [-0.1, -0.05) is 39.8 Å². The molecule has 0 saturated heterocycles. The van der Waals surface area contributed by atoms with Crippen molar-refractivity contribution in [2.75, 3.05) is 7.11 Å². The largest absolute Gasteiger partial charge is 0.497 e. The Morgan fingerprint density at radius 2 is 1.97 bits per heavy atom. The molecular formula is C23H33N3O4S. The number of hydrogen-bond acceptors (Lipinski definition) is 5. The molecule has 1 fully saturated rings. The first-order valence-corrected chi connectivity index (χ1v) is 12.5. The van der Waals surface area contributed by atoms with E-state index in [0.29, 0.717) is 24.4 Å². The number of aromatic nitrogens is 2. The van der Waals surface area contributed by atoms with Gasteiger partial charge >= 0.3 is 0 Å². The number of ether oxygens (including phenoxy) is 1. The van der Waals surface area contributed by atoms with Gasteiger partial charge in [-0.05, 0) is 36.5 Å². The molecule has 0 atom stereocenters. The van der Waals surface area contributed by atoms with Crippen molar-refractivity contribution in [2.45, 2.75) is 70.6 Å². The summed E-state index contributed by atoms with van der Waals surface area (Å²) in [5.74, 6) is 0.690. The number of carbonyl (C=O) groups is 1. The fourth-order valence-electron chi connectivity index (χ4n) is 3.65. The molecule has 0 spiro atoms. The van der Waals surface area contributed by atoms with E-state index in [4.69, 9.17) is 4.74 Å². The summed E-state index contributed by atoms with van der Waals surface area (Å²) in [4.78, 5) is 18.9. The highest BCUT2D eigenvalue weighted by Gasteiger charge is 2.35. The highest BCUT2D eigenvalue weighted by molar-refractivity contribution is 7.90. The number of imidazole rings is 1. The van der Waals surface area contributed by atoms with Crippen LogP contribution in [0.15, 0.2) is 35.6 Å². The van der Waals surface area contributed by atoms with Gasteiger partial charge in [0.1, 0.15) is 5.75 Å².